The normalized spacial score (nSPS) is 34.1. The molecule has 2 saturated heterocycles. The van der Waals surface area contributed by atoms with Gasteiger partial charge in [-0.05, 0) is 33.2 Å². The number of piperazine rings is 1. The highest BCUT2D eigenvalue weighted by Gasteiger charge is 2.40. The van der Waals surface area contributed by atoms with Gasteiger partial charge in [-0.1, -0.05) is 0 Å². The van der Waals surface area contributed by atoms with Crippen LogP contribution in [-0.4, -0.2) is 54.9 Å². The Morgan fingerprint density at radius 2 is 2.18 bits per heavy atom. The van der Waals surface area contributed by atoms with E-state index in [-0.39, 0.29) is 29.8 Å². The fraction of sp³-hybridized carbons (Fsp3) is 0.833. The molecule has 2 heterocycles. The molecular weight excluding hydrogens is 218 g/mol. The first kappa shape index (κ1) is 12.5. The molecule has 0 radical (unpaired) electrons. The largest absolute Gasteiger partial charge is 0.326 e. The van der Waals surface area contributed by atoms with Gasteiger partial charge in [-0.15, -0.1) is 0 Å². The SMILES string of the molecule is CNC1CCCC2CNCC(C(C)=O)N2C1=O. The number of rotatable bonds is 2. The third kappa shape index (κ3) is 2.35. The molecule has 0 saturated carbocycles. The summed E-state index contributed by atoms with van der Waals surface area (Å²) in [6.45, 7) is 2.97. The highest BCUT2D eigenvalue weighted by Crippen LogP contribution is 2.23. The lowest BCUT2D eigenvalue weighted by molar-refractivity contribution is -0.144. The number of likely N-dealkylation sites (N-methyl/N-ethyl adjacent to an activating group) is 1. The Morgan fingerprint density at radius 3 is 2.82 bits per heavy atom. The molecule has 1 amide bonds. The molecule has 0 aromatic rings. The summed E-state index contributed by atoms with van der Waals surface area (Å²) < 4.78 is 0. The highest BCUT2D eigenvalue weighted by atomic mass is 16.2. The molecule has 5 nitrogen and oxygen atoms in total. The van der Waals surface area contributed by atoms with Crippen molar-refractivity contribution in [3.8, 4) is 0 Å². The summed E-state index contributed by atoms with van der Waals surface area (Å²) in [6.07, 6.45) is 2.89. The fourth-order valence-electron chi connectivity index (χ4n) is 2.88. The van der Waals surface area contributed by atoms with Gasteiger partial charge in [0.15, 0.2) is 5.78 Å². The van der Waals surface area contributed by atoms with E-state index in [1.54, 1.807) is 6.92 Å². The minimum Gasteiger partial charge on any atom is -0.326 e. The van der Waals surface area contributed by atoms with E-state index in [1.165, 1.54) is 0 Å². The molecule has 2 rings (SSSR count). The van der Waals surface area contributed by atoms with Gasteiger partial charge in [-0.3, -0.25) is 9.59 Å². The second-order valence-corrected chi connectivity index (χ2v) is 4.96. The standard InChI is InChI=1S/C12H21N3O2/c1-8(16)11-7-14-6-9-4-3-5-10(13-2)12(17)15(9)11/h9-11,13-14H,3-7H2,1-2H3. The number of Topliss-reactive ketones (excluding diaryl/α,β-unsaturated/α-hetero) is 1. The zero-order valence-corrected chi connectivity index (χ0v) is 10.5. The van der Waals surface area contributed by atoms with Gasteiger partial charge in [0.1, 0.15) is 6.04 Å². The fourth-order valence-corrected chi connectivity index (χ4v) is 2.88. The molecule has 2 fully saturated rings. The van der Waals surface area contributed by atoms with Crippen LogP contribution in [-0.2, 0) is 9.59 Å². The summed E-state index contributed by atoms with van der Waals surface area (Å²) in [5.74, 6) is 0.170. The number of hydrogen-bond donors (Lipinski definition) is 2. The maximum atomic E-state index is 12.4. The van der Waals surface area contributed by atoms with Crippen molar-refractivity contribution in [1.29, 1.82) is 0 Å². The van der Waals surface area contributed by atoms with E-state index in [1.807, 2.05) is 11.9 Å². The third-order valence-corrected chi connectivity index (χ3v) is 3.85. The minimum absolute atomic E-state index is 0.0762. The molecule has 0 aliphatic carbocycles. The lowest BCUT2D eigenvalue weighted by Crippen LogP contribution is -2.63. The first-order chi connectivity index (χ1) is 8.15. The second kappa shape index (κ2) is 5.14. The molecule has 17 heavy (non-hydrogen) atoms. The summed E-state index contributed by atoms with van der Waals surface area (Å²) in [6, 6.07) is -0.223. The lowest BCUT2D eigenvalue weighted by atomic mass is 10.0. The lowest BCUT2D eigenvalue weighted by Gasteiger charge is -2.41. The molecule has 2 aliphatic heterocycles. The van der Waals surface area contributed by atoms with Gasteiger partial charge in [0, 0.05) is 19.1 Å². The summed E-state index contributed by atoms with van der Waals surface area (Å²) in [7, 11) is 1.81. The van der Waals surface area contributed by atoms with E-state index in [0.29, 0.717) is 6.54 Å². The quantitative estimate of drug-likeness (QED) is 0.683. The highest BCUT2D eigenvalue weighted by molar-refractivity contribution is 5.90. The number of carbonyl (C=O) groups is 2. The van der Waals surface area contributed by atoms with Gasteiger partial charge in [-0.2, -0.15) is 0 Å². The number of nitrogens with one attached hydrogen (secondary N) is 2. The Hall–Kier alpha value is -0.940. The van der Waals surface area contributed by atoms with Crippen molar-refractivity contribution in [3.63, 3.8) is 0 Å². The average Bonchev–Trinajstić information content (AvgIpc) is 2.48. The van der Waals surface area contributed by atoms with Crippen LogP contribution >= 0.6 is 0 Å². The van der Waals surface area contributed by atoms with Crippen LogP contribution in [0.5, 0.6) is 0 Å². The number of amides is 1. The zero-order valence-electron chi connectivity index (χ0n) is 10.5. The molecule has 5 heteroatoms. The maximum Gasteiger partial charge on any atom is 0.240 e. The summed E-state index contributed by atoms with van der Waals surface area (Å²) in [4.78, 5) is 25.9. The number of fused-ring (bicyclic) bond motifs is 1. The number of ketones is 1. The van der Waals surface area contributed by atoms with Crippen LogP contribution in [0.3, 0.4) is 0 Å². The second-order valence-electron chi connectivity index (χ2n) is 4.96. The van der Waals surface area contributed by atoms with Crippen molar-refractivity contribution in [3.05, 3.63) is 0 Å². The molecule has 2 aliphatic rings. The van der Waals surface area contributed by atoms with Crippen LogP contribution in [0.4, 0.5) is 0 Å². The monoisotopic (exact) mass is 239 g/mol. The van der Waals surface area contributed by atoms with Crippen LogP contribution in [0.25, 0.3) is 0 Å². The van der Waals surface area contributed by atoms with Crippen LogP contribution in [0.15, 0.2) is 0 Å². The summed E-state index contributed by atoms with van der Waals surface area (Å²) in [5, 5.41) is 6.32. The van der Waals surface area contributed by atoms with E-state index in [2.05, 4.69) is 10.6 Å². The molecule has 0 aromatic carbocycles. The van der Waals surface area contributed by atoms with Crippen molar-refractivity contribution in [2.24, 2.45) is 0 Å². The van der Waals surface area contributed by atoms with Crippen molar-refractivity contribution in [2.45, 2.75) is 44.3 Å². The van der Waals surface area contributed by atoms with Gasteiger partial charge >= 0.3 is 0 Å². The summed E-state index contributed by atoms with van der Waals surface area (Å²) >= 11 is 0. The minimum atomic E-state index is -0.282. The average molecular weight is 239 g/mol. The molecule has 2 N–H and O–H groups in total. The number of carbonyl (C=O) groups excluding carboxylic acids is 2. The van der Waals surface area contributed by atoms with Gasteiger partial charge in [-0.25, -0.2) is 0 Å². The Balaban J connectivity index is 2.24. The third-order valence-electron chi connectivity index (χ3n) is 3.85. The van der Waals surface area contributed by atoms with Gasteiger partial charge in [0.2, 0.25) is 5.91 Å². The van der Waals surface area contributed by atoms with Crippen LogP contribution < -0.4 is 10.6 Å². The Labute approximate surface area is 102 Å². The van der Waals surface area contributed by atoms with E-state index in [4.69, 9.17) is 0 Å². The molecule has 0 bridgehead atoms. The Kier molecular flexibility index (Phi) is 3.79. The van der Waals surface area contributed by atoms with Crippen molar-refractivity contribution < 1.29 is 9.59 Å². The topological polar surface area (TPSA) is 61.4 Å². The van der Waals surface area contributed by atoms with Gasteiger partial charge in [0.25, 0.3) is 0 Å². The number of nitrogens with zero attached hydrogens (tertiary/aromatic N) is 1. The van der Waals surface area contributed by atoms with E-state index >= 15 is 0 Å². The zero-order chi connectivity index (χ0) is 12.4. The van der Waals surface area contributed by atoms with Gasteiger partial charge < -0.3 is 15.5 Å². The predicted molar refractivity (Wildman–Crippen MR) is 64.7 cm³/mol. The van der Waals surface area contributed by atoms with E-state index < -0.39 is 0 Å². The predicted octanol–water partition coefficient (Wildman–Crippen LogP) is -0.484. The molecule has 0 aromatic heterocycles. The van der Waals surface area contributed by atoms with Gasteiger partial charge in [0.05, 0.1) is 6.04 Å². The van der Waals surface area contributed by atoms with Crippen LogP contribution in [0.2, 0.25) is 0 Å². The Morgan fingerprint density at radius 1 is 1.41 bits per heavy atom. The molecule has 96 valence electrons. The summed E-state index contributed by atoms with van der Waals surface area (Å²) in [5.41, 5.74) is 0. The molecule has 3 unspecified atom stereocenters. The van der Waals surface area contributed by atoms with Crippen molar-refractivity contribution in [1.82, 2.24) is 15.5 Å². The van der Waals surface area contributed by atoms with E-state index in [9.17, 15) is 9.59 Å². The van der Waals surface area contributed by atoms with Crippen LogP contribution in [0.1, 0.15) is 26.2 Å². The van der Waals surface area contributed by atoms with Crippen LogP contribution in [0, 0.1) is 0 Å². The number of hydrogen-bond acceptors (Lipinski definition) is 4. The first-order valence-corrected chi connectivity index (χ1v) is 6.35. The smallest absolute Gasteiger partial charge is 0.240 e. The first-order valence-electron chi connectivity index (χ1n) is 6.35. The van der Waals surface area contributed by atoms with Crippen molar-refractivity contribution >= 4 is 11.7 Å². The van der Waals surface area contributed by atoms with Crippen molar-refractivity contribution in [2.75, 3.05) is 20.1 Å². The maximum absolute atomic E-state index is 12.4. The molecule has 3 atom stereocenters. The molecule has 0 spiro atoms. The Bertz CT molecular complexity index is 319. The molecular formula is C12H21N3O2. The van der Waals surface area contributed by atoms with E-state index in [0.717, 1.165) is 25.8 Å².